The average Bonchev–Trinajstić information content (AvgIpc) is 3.34. The molecule has 1 fully saturated rings. The van der Waals surface area contributed by atoms with Crippen LogP contribution in [-0.4, -0.2) is 41.4 Å². The summed E-state index contributed by atoms with van der Waals surface area (Å²) in [5.74, 6) is -0.462. The quantitative estimate of drug-likeness (QED) is 0.171. The SMILES string of the molecule is O=S(=O)(c1ccccc1)n1cc(CN(CCCCNC2CCCCC2)Cc2cccnc2F)c2ccccc21. The van der Waals surface area contributed by atoms with Crippen LogP contribution < -0.4 is 5.32 Å². The number of aromatic nitrogens is 2. The Labute approximate surface area is 230 Å². The lowest BCUT2D eigenvalue weighted by atomic mass is 9.95. The summed E-state index contributed by atoms with van der Waals surface area (Å²) in [5.41, 5.74) is 2.08. The maximum absolute atomic E-state index is 14.5. The van der Waals surface area contributed by atoms with Gasteiger partial charge in [0.1, 0.15) is 0 Å². The molecule has 0 saturated heterocycles. The second kappa shape index (κ2) is 12.9. The number of fused-ring (bicyclic) bond motifs is 1. The van der Waals surface area contributed by atoms with Gasteiger partial charge >= 0.3 is 0 Å². The number of benzene rings is 2. The molecule has 39 heavy (non-hydrogen) atoms. The van der Waals surface area contributed by atoms with Crippen LogP contribution in [0.1, 0.15) is 56.1 Å². The van der Waals surface area contributed by atoms with E-state index in [1.807, 2.05) is 24.3 Å². The van der Waals surface area contributed by atoms with Gasteiger partial charge in [0.05, 0.1) is 10.4 Å². The molecule has 1 saturated carbocycles. The number of unbranched alkanes of at least 4 members (excludes halogenated alkanes) is 1. The zero-order valence-electron chi connectivity index (χ0n) is 22.3. The van der Waals surface area contributed by atoms with Crippen LogP contribution in [0.2, 0.25) is 0 Å². The van der Waals surface area contributed by atoms with Crippen molar-refractivity contribution in [2.75, 3.05) is 13.1 Å². The number of nitrogens with one attached hydrogen (secondary N) is 1. The van der Waals surface area contributed by atoms with Crippen LogP contribution in [0.15, 0.2) is 84.0 Å². The molecule has 4 aromatic rings. The van der Waals surface area contributed by atoms with Gasteiger partial charge in [0, 0.05) is 42.5 Å². The maximum atomic E-state index is 14.5. The van der Waals surface area contributed by atoms with E-state index in [0.717, 1.165) is 36.9 Å². The van der Waals surface area contributed by atoms with Crippen LogP contribution in [0.25, 0.3) is 10.9 Å². The molecule has 206 valence electrons. The highest BCUT2D eigenvalue weighted by Gasteiger charge is 2.22. The Morgan fingerprint density at radius 3 is 2.44 bits per heavy atom. The van der Waals surface area contributed by atoms with Gasteiger partial charge in [-0.15, -0.1) is 0 Å². The van der Waals surface area contributed by atoms with Crippen molar-refractivity contribution in [3.8, 4) is 0 Å². The standard InChI is InChI=1S/C31H37FN4O2S/c32-31-25(12-11-20-34-31)22-35(21-10-9-19-33-27-13-3-1-4-14-27)23-26-24-36(30-18-8-7-17-29(26)30)39(37,38)28-15-5-2-6-16-28/h2,5-8,11-12,15-18,20,24,27,33H,1,3-4,9-10,13-14,19,21-23H2. The number of hydrogen-bond acceptors (Lipinski definition) is 5. The highest BCUT2D eigenvalue weighted by Crippen LogP contribution is 2.27. The first-order chi connectivity index (χ1) is 19.0. The van der Waals surface area contributed by atoms with E-state index in [4.69, 9.17) is 0 Å². The van der Waals surface area contributed by atoms with Gasteiger partial charge in [0.25, 0.3) is 10.0 Å². The van der Waals surface area contributed by atoms with E-state index in [1.165, 1.54) is 42.3 Å². The molecule has 0 spiro atoms. The van der Waals surface area contributed by atoms with Gasteiger partial charge in [-0.2, -0.15) is 4.39 Å². The second-order valence-electron chi connectivity index (χ2n) is 10.4. The molecule has 2 heterocycles. The van der Waals surface area contributed by atoms with Crippen LogP contribution in [0, 0.1) is 5.95 Å². The number of para-hydroxylation sites is 1. The van der Waals surface area contributed by atoms with E-state index in [1.54, 1.807) is 48.7 Å². The molecule has 0 amide bonds. The number of hydrogen-bond donors (Lipinski definition) is 1. The van der Waals surface area contributed by atoms with Crippen molar-refractivity contribution in [2.24, 2.45) is 0 Å². The van der Waals surface area contributed by atoms with Crippen molar-refractivity contribution < 1.29 is 12.8 Å². The third kappa shape index (κ3) is 6.75. The fourth-order valence-corrected chi connectivity index (χ4v) is 6.97. The van der Waals surface area contributed by atoms with E-state index in [-0.39, 0.29) is 4.90 Å². The first-order valence-electron chi connectivity index (χ1n) is 14.0. The van der Waals surface area contributed by atoms with Crippen LogP contribution >= 0.6 is 0 Å². The predicted molar refractivity (Wildman–Crippen MR) is 153 cm³/mol. The Bertz CT molecular complexity index is 1470. The summed E-state index contributed by atoms with van der Waals surface area (Å²) < 4.78 is 43.0. The van der Waals surface area contributed by atoms with Gasteiger partial charge in [-0.3, -0.25) is 4.90 Å². The molecular weight excluding hydrogens is 511 g/mol. The molecular formula is C31H37FN4O2S. The molecule has 0 radical (unpaired) electrons. The Balaban J connectivity index is 1.35. The van der Waals surface area contributed by atoms with E-state index in [0.29, 0.717) is 30.2 Å². The minimum absolute atomic E-state index is 0.247. The van der Waals surface area contributed by atoms with Crippen LogP contribution in [0.4, 0.5) is 4.39 Å². The van der Waals surface area contributed by atoms with Gasteiger partial charge in [-0.1, -0.05) is 61.7 Å². The lowest BCUT2D eigenvalue weighted by Crippen LogP contribution is -2.32. The van der Waals surface area contributed by atoms with Gasteiger partial charge in [-0.25, -0.2) is 17.4 Å². The lowest BCUT2D eigenvalue weighted by Gasteiger charge is -2.24. The summed E-state index contributed by atoms with van der Waals surface area (Å²) in [5, 5.41) is 4.59. The zero-order valence-corrected chi connectivity index (χ0v) is 23.1. The predicted octanol–water partition coefficient (Wildman–Crippen LogP) is 6.12. The van der Waals surface area contributed by atoms with Crippen molar-refractivity contribution in [2.45, 2.75) is 69.0 Å². The van der Waals surface area contributed by atoms with Gasteiger partial charge < -0.3 is 5.32 Å². The smallest absolute Gasteiger partial charge is 0.268 e. The van der Waals surface area contributed by atoms with Gasteiger partial charge in [-0.05, 0) is 68.6 Å². The molecule has 0 unspecified atom stereocenters. The second-order valence-corrected chi connectivity index (χ2v) is 12.3. The minimum Gasteiger partial charge on any atom is -0.314 e. The van der Waals surface area contributed by atoms with Crippen molar-refractivity contribution in [1.82, 2.24) is 19.2 Å². The largest absolute Gasteiger partial charge is 0.314 e. The van der Waals surface area contributed by atoms with E-state index >= 15 is 0 Å². The molecule has 2 aromatic carbocycles. The Morgan fingerprint density at radius 2 is 1.64 bits per heavy atom. The average molecular weight is 549 g/mol. The molecule has 8 heteroatoms. The number of halogens is 1. The Morgan fingerprint density at radius 1 is 0.897 bits per heavy atom. The molecule has 6 nitrogen and oxygen atoms in total. The molecule has 1 aliphatic rings. The molecule has 1 N–H and O–H groups in total. The van der Waals surface area contributed by atoms with Gasteiger partial charge in [0.2, 0.25) is 5.95 Å². The molecule has 5 rings (SSSR count). The number of pyridine rings is 1. The number of nitrogens with zero attached hydrogens (tertiary/aromatic N) is 3. The molecule has 1 aliphatic carbocycles. The zero-order chi connectivity index (χ0) is 27.1. The fraction of sp³-hybridized carbons (Fsp3) is 0.387. The van der Waals surface area contributed by atoms with Crippen molar-refractivity contribution in [3.63, 3.8) is 0 Å². The topological polar surface area (TPSA) is 67.2 Å². The van der Waals surface area contributed by atoms with Crippen LogP contribution in [-0.2, 0) is 23.1 Å². The summed E-state index contributed by atoms with van der Waals surface area (Å²) >= 11 is 0. The summed E-state index contributed by atoms with van der Waals surface area (Å²) in [6.45, 7) is 2.66. The normalized spacial score (nSPS) is 14.8. The summed E-state index contributed by atoms with van der Waals surface area (Å²) in [6.07, 6.45) is 11.7. The third-order valence-corrected chi connectivity index (χ3v) is 9.31. The van der Waals surface area contributed by atoms with Crippen LogP contribution in [0.3, 0.4) is 0 Å². The lowest BCUT2D eigenvalue weighted by molar-refractivity contribution is 0.246. The minimum atomic E-state index is -3.76. The summed E-state index contributed by atoms with van der Waals surface area (Å²) in [6, 6.07) is 20.2. The Hall–Kier alpha value is -3.07. The van der Waals surface area contributed by atoms with Crippen LogP contribution in [0.5, 0.6) is 0 Å². The third-order valence-electron chi connectivity index (χ3n) is 7.62. The van der Waals surface area contributed by atoms with Crippen molar-refractivity contribution >= 4 is 20.9 Å². The van der Waals surface area contributed by atoms with Crippen molar-refractivity contribution in [3.05, 3.63) is 96.2 Å². The monoisotopic (exact) mass is 548 g/mol. The highest BCUT2D eigenvalue weighted by molar-refractivity contribution is 7.90. The molecule has 0 aliphatic heterocycles. The summed E-state index contributed by atoms with van der Waals surface area (Å²) in [7, 11) is -3.76. The Kier molecular flexibility index (Phi) is 9.06. The molecule has 2 aromatic heterocycles. The van der Waals surface area contributed by atoms with E-state index in [2.05, 4.69) is 15.2 Å². The molecule has 0 bridgehead atoms. The fourth-order valence-electron chi connectivity index (χ4n) is 5.56. The van der Waals surface area contributed by atoms with E-state index < -0.39 is 16.0 Å². The first-order valence-corrected chi connectivity index (χ1v) is 15.4. The summed E-state index contributed by atoms with van der Waals surface area (Å²) in [4.78, 5) is 6.28. The first kappa shape index (κ1) is 27.5. The van der Waals surface area contributed by atoms with Crippen molar-refractivity contribution in [1.29, 1.82) is 0 Å². The number of rotatable bonds is 12. The highest BCUT2D eigenvalue weighted by atomic mass is 32.2. The van der Waals surface area contributed by atoms with Gasteiger partial charge in [0.15, 0.2) is 0 Å². The molecule has 0 atom stereocenters. The maximum Gasteiger partial charge on any atom is 0.268 e. The van der Waals surface area contributed by atoms with E-state index in [9.17, 15) is 12.8 Å².